The topological polar surface area (TPSA) is 78.1 Å². The van der Waals surface area contributed by atoms with Crippen molar-refractivity contribution in [3.8, 4) is 0 Å². The maximum atomic E-state index is 6.15. The third-order valence-electron chi connectivity index (χ3n) is 3.52. The summed E-state index contributed by atoms with van der Waals surface area (Å²) in [6.07, 6.45) is 2.96. The second kappa shape index (κ2) is 5.98. The average molecular weight is 249 g/mol. The van der Waals surface area contributed by atoms with E-state index in [0.717, 1.165) is 41.8 Å². The van der Waals surface area contributed by atoms with Crippen molar-refractivity contribution >= 4 is 17.1 Å². The van der Waals surface area contributed by atoms with Gasteiger partial charge >= 0.3 is 0 Å². The van der Waals surface area contributed by atoms with Crippen LogP contribution in [0, 0.1) is 11.8 Å². The summed E-state index contributed by atoms with van der Waals surface area (Å²) >= 11 is 0. The van der Waals surface area contributed by atoms with E-state index in [2.05, 4.69) is 27.7 Å². The molecule has 1 atom stereocenters. The summed E-state index contributed by atoms with van der Waals surface area (Å²) in [6.45, 7) is 8.71. The molecule has 3 heteroatoms. The molecule has 0 aliphatic heterocycles. The van der Waals surface area contributed by atoms with E-state index in [9.17, 15) is 0 Å². The molecule has 6 N–H and O–H groups in total. The van der Waals surface area contributed by atoms with Crippen molar-refractivity contribution in [3.05, 3.63) is 17.2 Å². The van der Waals surface area contributed by atoms with Crippen LogP contribution in [0.25, 0.3) is 0 Å². The number of hydrogen-bond donors (Lipinski definition) is 3. The zero-order valence-corrected chi connectivity index (χ0v) is 12.1. The Morgan fingerprint density at radius 1 is 1.00 bits per heavy atom. The Bertz CT molecular complexity index is 411. The first-order valence-electron chi connectivity index (χ1n) is 6.81. The molecule has 1 aromatic carbocycles. The molecule has 0 spiro atoms. The van der Waals surface area contributed by atoms with E-state index in [1.54, 1.807) is 0 Å². The second-order valence-electron chi connectivity index (χ2n) is 5.75. The highest BCUT2D eigenvalue weighted by molar-refractivity contribution is 5.78. The zero-order chi connectivity index (χ0) is 13.9. The lowest BCUT2D eigenvalue weighted by molar-refractivity contribution is 0.561. The third kappa shape index (κ3) is 3.31. The highest BCUT2D eigenvalue weighted by Crippen LogP contribution is 2.33. The van der Waals surface area contributed by atoms with Gasteiger partial charge in [-0.25, -0.2) is 0 Å². The van der Waals surface area contributed by atoms with Gasteiger partial charge in [0.05, 0.1) is 11.4 Å². The van der Waals surface area contributed by atoms with Crippen LogP contribution in [0.4, 0.5) is 17.1 Å². The van der Waals surface area contributed by atoms with Crippen LogP contribution in [-0.2, 0) is 12.8 Å². The highest BCUT2D eigenvalue weighted by Gasteiger charge is 2.14. The van der Waals surface area contributed by atoms with Crippen LogP contribution >= 0.6 is 0 Å². The van der Waals surface area contributed by atoms with Crippen molar-refractivity contribution < 1.29 is 0 Å². The van der Waals surface area contributed by atoms with Crippen molar-refractivity contribution in [1.29, 1.82) is 0 Å². The number of nitrogen functional groups attached to an aromatic ring is 3. The Balaban J connectivity index is 3.11. The van der Waals surface area contributed by atoms with Crippen LogP contribution in [0.15, 0.2) is 6.07 Å². The summed E-state index contributed by atoms with van der Waals surface area (Å²) in [6, 6.07) is 2.01. The van der Waals surface area contributed by atoms with Gasteiger partial charge in [0.1, 0.15) is 0 Å². The summed E-state index contributed by atoms with van der Waals surface area (Å²) in [4.78, 5) is 0. The summed E-state index contributed by atoms with van der Waals surface area (Å²) < 4.78 is 0. The quantitative estimate of drug-likeness (QED) is 0.701. The van der Waals surface area contributed by atoms with E-state index >= 15 is 0 Å². The van der Waals surface area contributed by atoms with E-state index < -0.39 is 0 Å². The average Bonchev–Trinajstić information content (AvgIpc) is 2.31. The monoisotopic (exact) mass is 249 g/mol. The lowest BCUT2D eigenvalue weighted by atomic mass is 9.92. The smallest absolute Gasteiger partial charge is 0.0604 e. The van der Waals surface area contributed by atoms with E-state index in [0.29, 0.717) is 17.5 Å². The normalized spacial score (nSPS) is 12.9. The lowest BCUT2D eigenvalue weighted by Crippen LogP contribution is -2.11. The highest BCUT2D eigenvalue weighted by atomic mass is 14.7. The number of hydrogen-bond acceptors (Lipinski definition) is 3. The molecule has 1 rings (SSSR count). The fraction of sp³-hybridized carbons (Fsp3) is 0.600. The van der Waals surface area contributed by atoms with Crippen molar-refractivity contribution in [2.45, 2.75) is 47.0 Å². The number of rotatable bonds is 5. The molecule has 3 nitrogen and oxygen atoms in total. The Morgan fingerprint density at radius 2 is 1.61 bits per heavy atom. The standard InChI is InChI=1S/C15H27N3/c1-5-10(4)7-11-8-13(16)12(6-9(2)3)15(18)14(11)17/h8-10H,5-7,16-18H2,1-4H3. The van der Waals surface area contributed by atoms with Gasteiger partial charge in [-0.05, 0) is 36.3 Å². The maximum absolute atomic E-state index is 6.15. The summed E-state index contributed by atoms with van der Waals surface area (Å²) in [5.41, 5.74) is 22.7. The molecule has 0 heterocycles. The van der Waals surface area contributed by atoms with Gasteiger partial charge in [0.2, 0.25) is 0 Å². The number of benzene rings is 1. The predicted molar refractivity (Wildman–Crippen MR) is 81.4 cm³/mol. The Morgan fingerprint density at radius 3 is 2.11 bits per heavy atom. The summed E-state index contributed by atoms with van der Waals surface area (Å²) in [5, 5.41) is 0. The van der Waals surface area contributed by atoms with Gasteiger partial charge in [-0.15, -0.1) is 0 Å². The van der Waals surface area contributed by atoms with E-state index in [1.807, 2.05) is 6.07 Å². The second-order valence-corrected chi connectivity index (χ2v) is 5.75. The van der Waals surface area contributed by atoms with Crippen LogP contribution in [0.3, 0.4) is 0 Å². The number of anilines is 3. The molecule has 18 heavy (non-hydrogen) atoms. The molecule has 0 amide bonds. The first kappa shape index (κ1) is 14.7. The molecule has 0 aromatic heterocycles. The molecule has 0 fully saturated rings. The van der Waals surface area contributed by atoms with Crippen molar-refractivity contribution in [3.63, 3.8) is 0 Å². The van der Waals surface area contributed by atoms with Crippen LogP contribution in [0.2, 0.25) is 0 Å². The van der Waals surface area contributed by atoms with Gasteiger partial charge in [-0.1, -0.05) is 34.1 Å². The minimum absolute atomic E-state index is 0.523. The van der Waals surface area contributed by atoms with Gasteiger partial charge < -0.3 is 17.2 Å². The fourth-order valence-corrected chi connectivity index (χ4v) is 2.17. The van der Waals surface area contributed by atoms with E-state index in [-0.39, 0.29) is 0 Å². The molecule has 1 unspecified atom stereocenters. The molecular formula is C15H27N3. The minimum Gasteiger partial charge on any atom is -0.398 e. The van der Waals surface area contributed by atoms with Gasteiger partial charge in [-0.2, -0.15) is 0 Å². The van der Waals surface area contributed by atoms with E-state index in [4.69, 9.17) is 17.2 Å². The van der Waals surface area contributed by atoms with Crippen molar-refractivity contribution in [1.82, 2.24) is 0 Å². The third-order valence-corrected chi connectivity index (χ3v) is 3.52. The van der Waals surface area contributed by atoms with Crippen LogP contribution in [0.1, 0.15) is 45.2 Å². The lowest BCUT2D eigenvalue weighted by Gasteiger charge is -2.18. The largest absolute Gasteiger partial charge is 0.398 e. The van der Waals surface area contributed by atoms with Crippen molar-refractivity contribution in [2.75, 3.05) is 17.2 Å². The fourth-order valence-electron chi connectivity index (χ4n) is 2.17. The molecule has 1 aromatic rings. The van der Waals surface area contributed by atoms with E-state index in [1.165, 1.54) is 0 Å². The Hall–Kier alpha value is -1.38. The predicted octanol–water partition coefficient (Wildman–Crippen LogP) is 3.22. The molecule has 102 valence electrons. The first-order valence-corrected chi connectivity index (χ1v) is 6.81. The van der Waals surface area contributed by atoms with Gasteiger partial charge in [0.25, 0.3) is 0 Å². The summed E-state index contributed by atoms with van der Waals surface area (Å²) in [5.74, 6) is 1.12. The maximum Gasteiger partial charge on any atom is 0.0604 e. The number of nitrogens with two attached hydrogens (primary N) is 3. The van der Waals surface area contributed by atoms with Crippen LogP contribution in [0.5, 0.6) is 0 Å². The Kier molecular flexibility index (Phi) is 4.88. The van der Waals surface area contributed by atoms with Gasteiger partial charge in [0, 0.05) is 11.3 Å². The molecule has 0 saturated carbocycles. The molecule has 0 bridgehead atoms. The Labute approximate surface area is 111 Å². The molecular weight excluding hydrogens is 222 g/mol. The molecule has 0 saturated heterocycles. The van der Waals surface area contributed by atoms with Gasteiger partial charge in [0.15, 0.2) is 0 Å². The SMILES string of the molecule is CCC(C)Cc1cc(N)c(CC(C)C)c(N)c1N. The summed E-state index contributed by atoms with van der Waals surface area (Å²) in [7, 11) is 0. The van der Waals surface area contributed by atoms with Crippen LogP contribution < -0.4 is 17.2 Å². The first-order chi connectivity index (χ1) is 8.36. The zero-order valence-electron chi connectivity index (χ0n) is 12.1. The molecule has 0 radical (unpaired) electrons. The molecule has 0 aliphatic rings. The van der Waals surface area contributed by atoms with Crippen molar-refractivity contribution in [2.24, 2.45) is 11.8 Å². The minimum atomic E-state index is 0.523. The van der Waals surface area contributed by atoms with Crippen LogP contribution in [-0.4, -0.2) is 0 Å². The molecule has 0 aliphatic carbocycles. The van der Waals surface area contributed by atoms with Gasteiger partial charge in [-0.3, -0.25) is 0 Å².